The van der Waals surface area contributed by atoms with Gasteiger partial charge >= 0.3 is 0 Å². The standard InChI is InChI=1S/C14H18N2O2.C2H6/c17-13(16-12-10-15-14(12)18)9-5-4-8-11-6-2-1-3-7-11;1-2/h1-3,6-7,12H,4-5,8-10H2,(H,15,18)(H,16,17);1-2H3. The van der Waals surface area contributed by atoms with Crippen LogP contribution in [0.15, 0.2) is 30.3 Å². The maximum Gasteiger partial charge on any atom is 0.244 e. The van der Waals surface area contributed by atoms with Crippen molar-refractivity contribution in [3.05, 3.63) is 35.9 Å². The van der Waals surface area contributed by atoms with Gasteiger partial charge in [0.25, 0.3) is 0 Å². The minimum Gasteiger partial charge on any atom is -0.352 e. The van der Waals surface area contributed by atoms with Crippen molar-refractivity contribution in [2.45, 2.75) is 45.6 Å². The van der Waals surface area contributed by atoms with Gasteiger partial charge in [0.1, 0.15) is 6.04 Å². The van der Waals surface area contributed by atoms with Crippen LogP contribution >= 0.6 is 0 Å². The molecule has 1 saturated heterocycles. The fourth-order valence-corrected chi connectivity index (χ4v) is 1.93. The molecule has 1 aliphatic heterocycles. The molecule has 1 atom stereocenters. The van der Waals surface area contributed by atoms with Crippen molar-refractivity contribution in [3.8, 4) is 0 Å². The van der Waals surface area contributed by atoms with Crippen molar-refractivity contribution in [2.24, 2.45) is 0 Å². The van der Waals surface area contributed by atoms with Crippen LogP contribution in [0.3, 0.4) is 0 Å². The molecule has 1 fully saturated rings. The predicted octanol–water partition coefficient (Wildman–Crippen LogP) is 2.04. The van der Waals surface area contributed by atoms with Crippen molar-refractivity contribution < 1.29 is 9.59 Å². The zero-order chi connectivity index (χ0) is 14.8. The summed E-state index contributed by atoms with van der Waals surface area (Å²) in [6.45, 7) is 4.56. The minimum absolute atomic E-state index is 0.0251. The molecule has 2 N–H and O–H groups in total. The van der Waals surface area contributed by atoms with Crippen molar-refractivity contribution in [3.63, 3.8) is 0 Å². The number of unbranched alkanes of at least 4 members (excludes halogenated alkanes) is 1. The normalized spacial score (nSPS) is 16.3. The number of benzene rings is 1. The first-order chi connectivity index (χ1) is 9.75. The first kappa shape index (κ1) is 16.2. The van der Waals surface area contributed by atoms with Gasteiger partial charge in [0.2, 0.25) is 11.8 Å². The summed E-state index contributed by atoms with van der Waals surface area (Å²) in [5.74, 6) is -0.101. The van der Waals surface area contributed by atoms with E-state index in [0.29, 0.717) is 13.0 Å². The lowest BCUT2D eigenvalue weighted by Gasteiger charge is -2.26. The first-order valence-corrected chi connectivity index (χ1v) is 7.37. The molecule has 1 unspecified atom stereocenters. The van der Waals surface area contributed by atoms with Gasteiger partial charge in [-0.1, -0.05) is 44.2 Å². The zero-order valence-corrected chi connectivity index (χ0v) is 12.3. The molecule has 1 heterocycles. The monoisotopic (exact) mass is 276 g/mol. The molecular formula is C16H24N2O2. The molecule has 0 spiro atoms. The summed E-state index contributed by atoms with van der Waals surface area (Å²) in [5.41, 5.74) is 1.30. The second-order valence-corrected chi connectivity index (χ2v) is 4.56. The number of β-lactam (4-membered cyclic amide) rings is 1. The fraction of sp³-hybridized carbons (Fsp3) is 0.500. The molecule has 0 aliphatic carbocycles. The van der Waals surface area contributed by atoms with Crippen LogP contribution in [0.4, 0.5) is 0 Å². The van der Waals surface area contributed by atoms with E-state index in [1.807, 2.05) is 32.0 Å². The van der Waals surface area contributed by atoms with Crippen molar-refractivity contribution in [1.29, 1.82) is 0 Å². The van der Waals surface area contributed by atoms with E-state index in [1.54, 1.807) is 0 Å². The van der Waals surface area contributed by atoms with Crippen LogP contribution in [0.2, 0.25) is 0 Å². The topological polar surface area (TPSA) is 58.2 Å². The summed E-state index contributed by atoms with van der Waals surface area (Å²) >= 11 is 0. The Labute approximate surface area is 121 Å². The van der Waals surface area contributed by atoms with Crippen molar-refractivity contribution in [1.82, 2.24) is 10.6 Å². The van der Waals surface area contributed by atoms with Crippen LogP contribution in [0.25, 0.3) is 0 Å². The van der Waals surface area contributed by atoms with Gasteiger partial charge in [0, 0.05) is 13.0 Å². The molecule has 0 aromatic heterocycles. The third kappa shape index (κ3) is 5.43. The summed E-state index contributed by atoms with van der Waals surface area (Å²) in [7, 11) is 0. The molecule has 20 heavy (non-hydrogen) atoms. The van der Waals surface area contributed by atoms with Gasteiger partial charge in [0.05, 0.1) is 0 Å². The largest absolute Gasteiger partial charge is 0.352 e. The number of carbonyl (C=O) groups is 2. The van der Waals surface area contributed by atoms with Gasteiger partial charge in [-0.25, -0.2) is 0 Å². The highest BCUT2D eigenvalue weighted by molar-refractivity contribution is 5.92. The molecule has 1 aromatic rings. The molecule has 4 nitrogen and oxygen atoms in total. The van der Waals surface area contributed by atoms with Crippen molar-refractivity contribution >= 4 is 11.8 Å². The van der Waals surface area contributed by atoms with E-state index in [1.165, 1.54) is 5.56 Å². The third-order valence-corrected chi connectivity index (χ3v) is 3.09. The lowest BCUT2D eigenvalue weighted by Crippen LogP contribution is -2.61. The second-order valence-electron chi connectivity index (χ2n) is 4.56. The van der Waals surface area contributed by atoms with E-state index >= 15 is 0 Å². The fourth-order valence-electron chi connectivity index (χ4n) is 1.93. The summed E-state index contributed by atoms with van der Waals surface area (Å²) in [5, 5.41) is 5.31. The Balaban J connectivity index is 0.000000956. The lowest BCUT2D eigenvalue weighted by molar-refractivity contribution is -0.133. The zero-order valence-electron chi connectivity index (χ0n) is 12.3. The molecule has 2 amide bonds. The summed E-state index contributed by atoms with van der Waals surface area (Å²) in [6.07, 6.45) is 3.35. The number of amides is 2. The van der Waals surface area contributed by atoms with Gasteiger partial charge in [-0.3, -0.25) is 9.59 Å². The number of rotatable bonds is 6. The van der Waals surface area contributed by atoms with E-state index in [0.717, 1.165) is 19.3 Å². The van der Waals surface area contributed by atoms with Crippen LogP contribution in [-0.2, 0) is 16.0 Å². The summed E-state index contributed by atoms with van der Waals surface area (Å²) < 4.78 is 0. The minimum atomic E-state index is -0.299. The Kier molecular flexibility index (Phi) is 7.40. The van der Waals surface area contributed by atoms with E-state index in [-0.39, 0.29) is 17.9 Å². The van der Waals surface area contributed by atoms with Gasteiger partial charge in [-0.15, -0.1) is 0 Å². The third-order valence-electron chi connectivity index (χ3n) is 3.09. The lowest BCUT2D eigenvalue weighted by atomic mass is 10.1. The molecule has 1 aromatic carbocycles. The highest BCUT2D eigenvalue weighted by Crippen LogP contribution is 2.06. The maximum atomic E-state index is 11.5. The Morgan fingerprint density at radius 1 is 1.25 bits per heavy atom. The Hall–Kier alpha value is -1.84. The van der Waals surface area contributed by atoms with E-state index in [9.17, 15) is 9.59 Å². The van der Waals surface area contributed by atoms with E-state index < -0.39 is 0 Å². The van der Waals surface area contributed by atoms with E-state index in [2.05, 4.69) is 22.8 Å². The molecule has 1 aliphatic rings. The van der Waals surface area contributed by atoms with Gasteiger partial charge in [0.15, 0.2) is 0 Å². The van der Waals surface area contributed by atoms with Crippen LogP contribution < -0.4 is 10.6 Å². The first-order valence-electron chi connectivity index (χ1n) is 7.37. The highest BCUT2D eigenvalue weighted by Gasteiger charge is 2.28. The number of aryl methyl sites for hydroxylation is 1. The molecule has 4 heteroatoms. The van der Waals surface area contributed by atoms with Crippen LogP contribution in [-0.4, -0.2) is 24.4 Å². The summed E-state index contributed by atoms with van der Waals surface area (Å²) in [6, 6.07) is 9.94. The maximum absolute atomic E-state index is 11.5. The van der Waals surface area contributed by atoms with E-state index in [4.69, 9.17) is 0 Å². The Bertz CT molecular complexity index is 418. The molecule has 0 saturated carbocycles. The van der Waals surface area contributed by atoms with Gasteiger partial charge < -0.3 is 10.6 Å². The Morgan fingerprint density at radius 2 is 1.95 bits per heavy atom. The van der Waals surface area contributed by atoms with Gasteiger partial charge in [-0.05, 0) is 24.8 Å². The van der Waals surface area contributed by atoms with Crippen LogP contribution in [0.5, 0.6) is 0 Å². The van der Waals surface area contributed by atoms with Crippen LogP contribution in [0, 0.1) is 0 Å². The highest BCUT2D eigenvalue weighted by atomic mass is 16.2. The SMILES string of the molecule is CC.O=C(CCCCc1ccccc1)NC1CNC1=O. The smallest absolute Gasteiger partial charge is 0.244 e. The average Bonchev–Trinajstić information content (AvgIpc) is 2.51. The molecule has 0 radical (unpaired) electrons. The van der Waals surface area contributed by atoms with Gasteiger partial charge in [-0.2, -0.15) is 0 Å². The average molecular weight is 276 g/mol. The predicted molar refractivity (Wildman–Crippen MR) is 80.3 cm³/mol. The van der Waals surface area contributed by atoms with Crippen LogP contribution in [0.1, 0.15) is 38.7 Å². The quantitative estimate of drug-likeness (QED) is 0.617. The molecule has 110 valence electrons. The molecule has 2 rings (SSSR count). The number of carbonyl (C=O) groups excluding carboxylic acids is 2. The number of nitrogens with one attached hydrogen (secondary N) is 2. The molecular weight excluding hydrogens is 252 g/mol. The number of hydrogen-bond donors (Lipinski definition) is 2. The Morgan fingerprint density at radius 3 is 2.50 bits per heavy atom. The second kappa shape index (κ2) is 9.13. The number of hydrogen-bond acceptors (Lipinski definition) is 2. The summed E-state index contributed by atoms with van der Waals surface area (Å²) in [4.78, 5) is 22.5. The van der Waals surface area contributed by atoms with Crippen molar-refractivity contribution in [2.75, 3.05) is 6.54 Å². The molecule has 0 bridgehead atoms.